The second-order valence-electron chi connectivity index (χ2n) is 16.6. The molecular weight excluding hydrogens is 815 g/mol. The number of ether oxygens (including phenoxy) is 2. The minimum absolute atomic E-state index is 0.0358. The third kappa shape index (κ3) is 13.0. The standard InChI is InChI=1S/C48H65N9O7/c1-4-5-6-7-8-9-31-10-15-35(30(2)26-31)44(58)54-38(18-19-49)48(62)57(3)43-34-14-17-41(64-25-22-52)37(29-34)36-27-32(11-16-40(36)63-24-21-51)28-39(45(59)53-23-20-50)55-46(60)42(33-12-13-33)56-47(43)61/h10-11,14-17,26-27,29,33,38-39,42-43H,4-9,12-13,18-19,21-25,28,49,51-52H2,1-3H3,(H,53,59)(H,54,58)(H,55,60)(H,56,61)/t38?,39-,42-,43-/m0/s1. The number of aryl methyl sites for hydroxylation is 2. The van der Waals surface area contributed by atoms with Crippen molar-refractivity contribution in [1.82, 2.24) is 26.2 Å². The highest BCUT2D eigenvalue weighted by Gasteiger charge is 2.42. The van der Waals surface area contributed by atoms with Crippen molar-refractivity contribution in [3.8, 4) is 28.7 Å². The first-order valence-corrected chi connectivity index (χ1v) is 22.5. The summed E-state index contributed by atoms with van der Waals surface area (Å²) in [5.74, 6) is -2.26. The van der Waals surface area contributed by atoms with Crippen LogP contribution in [-0.4, -0.2) is 99.0 Å². The Morgan fingerprint density at radius 2 is 1.56 bits per heavy atom. The van der Waals surface area contributed by atoms with Crippen molar-refractivity contribution in [2.45, 2.75) is 102 Å². The average molecular weight is 880 g/mol. The number of amides is 5. The molecule has 3 aromatic rings. The first-order valence-electron chi connectivity index (χ1n) is 22.5. The summed E-state index contributed by atoms with van der Waals surface area (Å²) in [6.07, 6.45) is 8.11. The predicted molar refractivity (Wildman–Crippen MR) is 244 cm³/mol. The lowest BCUT2D eigenvalue weighted by Crippen LogP contribution is -2.57. The Balaban J connectivity index is 1.57. The second-order valence-corrected chi connectivity index (χ2v) is 16.6. The van der Waals surface area contributed by atoms with Crippen molar-refractivity contribution in [1.29, 1.82) is 5.26 Å². The maximum Gasteiger partial charge on any atom is 0.252 e. The number of hydrogen-bond acceptors (Lipinski definition) is 11. The van der Waals surface area contributed by atoms with Crippen molar-refractivity contribution in [2.75, 3.05) is 46.4 Å². The van der Waals surface area contributed by atoms with Gasteiger partial charge in [-0.2, -0.15) is 5.26 Å². The highest BCUT2D eigenvalue weighted by atomic mass is 16.5. The Morgan fingerprint density at radius 3 is 2.20 bits per heavy atom. The van der Waals surface area contributed by atoms with Crippen molar-refractivity contribution in [3.63, 3.8) is 0 Å². The van der Waals surface area contributed by atoms with Crippen LogP contribution >= 0.6 is 0 Å². The molecule has 1 unspecified atom stereocenters. The number of likely N-dealkylation sites (N-methyl/N-ethyl adjacent to an activating group) is 1. The highest BCUT2D eigenvalue weighted by molar-refractivity contribution is 6.00. The van der Waals surface area contributed by atoms with Gasteiger partial charge in [-0.1, -0.05) is 56.9 Å². The third-order valence-electron chi connectivity index (χ3n) is 11.6. The van der Waals surface area contributed by atoms with Crippen molar-refractivity contribution < 1.29 is 33.4 Å². The summed E-state index contributed by atoms with van der Waals surface area (Å²) in [6.45, 7) is 4.59. The maximum absolute atomic E-state index is 14.9. The number of carbonyl (C=O) groups is 5. The van der Waals surface area contributed by atoms with Crippen LogP contribution in [0.25, 0.3) is 11.1 Å². The first-order chi connectivity index (χ1) is 30.9. The number of benzene rings is 3. The molecule has 4 bridgehead atoms. The molecule has 64 heavy (non-hydrogen) atoms. The molecule has 4 atom stereocenters. The van der Waals surface area contributed by atoms with E-state index in [1.54, 1.807) is 42.5 Å². The molecular formula is C48H65N9O7. The number of fused-ring (bicyclic) bond motifs is 5. The highest BCUT2D eigenvalue weighted by Crippen LogP contribution is 2.41. The summed E-state index contributed by atoms with van der Waals surface area (Å²) in [6, 6.07) is 13.4. The number of nitriles is 1. The van der Waals surface area contributed by atoms with Gasteiger partial charge >= 0.3 is 0 Å². The molecule has 16 nitrogen and oxygen atoms in total. The number of nitrogens with two attached hydrogens (primary N) is 3. The maximum atomic E-state index is 14.9. The van der Waals surface area contributed by atoms with E-state index in [2.05, 4.69) is 28.2 Å². The molecule has 0 radical (unpaired) electrons. The van der Waals surface area contributed by atoms with Crippen molar-refractivity contribution >= 4 is 29.5 Å². The van der Waals surface area contributed by atoms with Gasteiger partial charge in [0.15, 0.2) is 0 Å². The normalized spacial score (nSPS) is 17.7. The lowest BCUT2D eigenvalue weighted by atomic mass is 9.93. The molecule has 1 heterocycles. The van der Waals surface area contributed by atoms with Crippen LogP contribution in [0.15, 0.2) is 54.6 Å². The Bertz CT molecular complexity index is 2150. The van der Waals surface area contributed by atoms with E-state index in [4.69, 9.17) is 26.7 Å². The number of rotatable bonds is 21. The van der Waals surface area contributed by atoms with Crippen LogP contribution in [0.1, 0.15) is 96.9 Å². The molecule has 2 aliphatic rings. The minimum Gasteiger partial charge on any atom is -0.492 e. The summed E-state index contributed by atoms with van der Waals surface area (Å²) in [5.41, 5.74) is 22.1. The number of nitrogens with zero attached hydrogens (tertiary/aromatic N) is 2. The van der Waals surface area contributed by atoms with Crippen molar-refractivity contribution in [2.24, 2.45) is 23.1 Å². The fourth-order valence-electron chi connectivity index (χ4n) is 8.10. The van der Waals surface area contributed by atoms with Crippen LogP contribution in [0.2, 0.25) is 0 Å². The molecule has 3 aromatic carbocycles. The number of nitrogens with one attached hydrogen (secondary N) is 4. The Kier molecular flexibility index (Phi) is 18.5. The Morgan fingerprint density at radius 1 is 0.875 bits per heavy atom. The lowest BCUT2D eigenvalue weighted by molar-refractivity contribution is -0.142. The summed E-state index contributed by atoms with van der Waals surface area (Å²) < 4.78 is 12.3. The van der Waals surface area contributed by atoms with Gasteiger partial charge in [0.1, 0.15) is 55.4 Å². The molecule has 16 heteroatoms. The largest absolute Gasteiger partial charge is 0.492 e. The average Bonchev–Trinajstić information content (AvgIpc) is 4.13. The van der Waals surface area contributed by atoms with Gasteiger partial charge in [-0.25, -0.2) is 0 Å². The minimum atomic E-state index is -1.34. The van der Waals surface area contributed by atoms with E-state index in [-0.39, 0.29) is 58.2 Å². The number of hydrogen-bond donors (Lipinski definition) is 7. The number of unbranched alkanes of at least 4 members (excludes halogenated alkanes) is 4. The van der Waals surface area contributed by atoms with Crippen LogP contribution in [0.4, 0.5) is 0 Å². The van der Waals surface area contributed by atoms with Gasteiger partial charge in [0.25, 0.3) is 5.91 Å². The van der Waals surface area contributed by atoms with Crippen LogP contribution in [0.5, 0.6) is 11.5 Å². The molecule has 344 valence electrons. The zero-order valence-electron chi connectivity index (χ0n) is 37.4. The van der Waals surface area contributed by atoms with Crippen LogP contribution < -0.4 is 47.9 Å². The monoisotopic (exact) mass is 880 g/mol. The molecule has 1 saturated carbocycles. The fraction of sp³-hybridized carbons (Fsp3) is 0.500. The van der Waals surface area contributed by atoms with Gasteiger partial charge < -0.3 is 52.8 Å². The molecule has 5 rings (SSSR count). The molecule has 10 N–H and O–H groups in total. The van der Waals surface area contributed by atoms with Crippen molar-refractivity contribution in [3.05, 3.63) is 82.4 Å². The van der Waals surface area contributed by atoms with E-state index in [1.807, 2.05) is 25.1 Å². The number of carbonyl (C=O) groups excluding carboxylic acids is 5. The molecule has 1 aliphatic carbocycles. The van der Waals surface area contributed by atoms with E-state index >= 15 is 0 Å². The summed E-state index contributed by atoms with van der Waals surface area (Å²) in [4.78, 5) is 72.4. The van der Waals surface area contributed by atoms with Gasteiger partial charge in [0, 0.05) is 43.2 Å². The van der Waals surface area contributed by atoms with Gasteiger partial charge in [-0.15, -0.1) is 0 Å². The van der Waals surface area contributed by atoms with E-state index in [0.29, 0.717) is 52.2 Å². The topological polar surface area (TPSA) is 257 Å². The Labute approximate surface area is 376 Å². The molecule has 1 aliphatic heterocycles. The molecule has 0 saturated heterocycles. The van der Waals surface area contributed by atoms with E-state index in [0.717, 1.165) is 30.4 Å². The lowest BCUT2D eigenvalue weighted by Gasteiger charge is -2.33. The van der Waals surface area contributed by atoms with E-state index in [9.17, 15) is 29.2 Å². The molecule has 1 fully saturated rings. The van der Waals surface area contributed by atoms with E-state index in [1.165, 1.54) is 31.2 Å². The second kappa shape index (κ2) is 24.2. The summed E-state index contributed by atoms with van der Waals surface area (Å²) in [7, 11) is 1.47. The molecule has 5 amide bonds. The summed E-state index contributed by atoms with van der Waals surface area (Å²) in [5, 5.41) is 20.4. The molecule has 0 spiro atoms. The zero-order valence-corrected chi connectivity index (χ0v) is 37.4. The molecule has 0 aromatic heterocycles. The quantitative estimate of drug-likeness (QED) is 0.0605. The van der Waals surface area contributed by atoms with Gasteiger partial charge in [0.2, 0.25) is 23.6 Å². The van der Waals surface area contributed by atoms with Gasteiger partial charge in [-0.05, 0) is 104 Å². The smallest absolute Gasteiger partial charge is 0.252 e. The summed E-state index contributed by atoms with van der Waals surface area (Å²) >= 11 is 0. The van der Waals surface area contributed by atoms with Crippen LogP contribution in [-0.2, 0) is 32.0 Å². The van der Waals surface area contributed by atoms with Gasteiger partial charge in [-0.3, -0.25) is 24.0 Å². The first kappa shape index (κ1) is 49.0. The van der Waals surface area contributed by atoms with Crippen LogP contribution in [0.3, 0.4) is 0 Å². The van der Waals surface area contributed by atoms with Crippen LogP contribution in [0, 0.1) is 24.2 Å². The Hall–Kier alpha value is -6.02. The van der Waals surface area contributed by atoms with Gasteiger partial charge in [0.05, 0.1) is 6.07 Å². The third-order valence-corrected chi connectivity index (χ3v) is 11.6. The predicted octanol–water partition coefficient (Wildman–Crippen LogP) is 3.07. The SMILES string of the molecule is CCCCCCCc1ccc(C(=O)NC(CCN)C(=O)N(C)[C@@H]2C(=O)N[C@@H](C3CC3)C(=O)N[C@H](C(=O)NCC#N)Cc3ccc(OCCN)c(c3)-c3cc2ccc3OCCN)c(C)c1. The fourth-order valence-corrected chi connectivity index (χ4v) is 8.10. The zero-order chi connectivity index (χ0) is 46.2. The van der Waals surface area contributed by atoms with E-state index < -0.39 is 53.7 Å².